The van der Waals surface area contributed by atoms with Gasteiger partial charge in [0.15, 0.2) is 0 Å². The van der Waals surface area contributed by atoms with Crippen LogP contribution < -0.4 is 10.6 Å². The number of carbonyl (C=O) groups is 1. The zero-order chi connectivity index (χ0) is 10.1. The highest BCUT2D eigenvalue weighted by Crippen LogP contribution is 2.23. The third kappa shape index (κ3) is 2.87. The number of halogens is 3. The van der Waals surface area contributed by atoms with Gasteiger partial charge in [0.25, 0.3) is 0 Å². The van der Waals surface area contributed by atoms with E-state index >= 15 is 0 Å². The molecule has 0 unspecified atom stereocenters. The van der Waals surface area contributed by atoms with E-state index in [9.17, 15) is 13.6 Å². The van der Waals surface area contributed by atoms with E-state index in [0.29, 0.717) is 13.1 Å². The Balaban J connectivity index is 2.34. The van der Waals surface area contributed by atoms with Crippen molar-refractivity contribution in [3.8, 4) is 0 Å². The van der Waals surface area contributed by atoms with Gasteiger partial charge in [-0.25, -0.2) is 0 Å². The summed E-state index contributed by atoms with van der Waals surface area (Å²) in [6.07, 6.45) is 0. The largest absolute Gasteiger partial charge is 0.349 e. The van der Waals surface area contributed by atoms with E-state index in [4.69, 9.17) is 0 Å². The molecule has 1 amide bonds. The summed E-state index contributed by atoms with van der Waals surface area (Å²) in [6.45, 7) is 2.17. The van der Waals surface area contributed by atoms with Crippen molar-refractivity contribution < 1.29 is 13.6 Å². The Morgan fingerprint density at radius 2 is 2.23 bits per heavy atom. The van der Waals surface area contributed by atoms with Gasteiger partial charge in [-0.1, -0.05) is 0 Å². The lowest BCUT2D eigenvalue weighted by Gasteiger charge is -2.37. The molecular formula is C7H11BrF2N2O. The van der Waals surface area contributed by atoms with E-state index in [1.54, 1.807) is 6.92 Å². The van der Waals surface area contributed by atoms with Crippen LogP contribution in [0.25, 0.3) is 0 Å². The second kappa shape index (κ2) is 3.49. The van der Waals surface area contributed by atoms with E-state index in [1.807, 2.05) is 0 Å². The molecule has 2 N–H and O–H groups in total. The second-order valence-electron chi connectivity index (χ2n) is 3.46. The molecule has 0 aromatic heterocycles. The number of alkyl halides is 3. The number of amides is 1. The summed E-state index contributed by atoms with van der Waals surface area (Å²) in [6, 6.07) is 0. The summed E-state index contributed by atoms with van der Waals surface area (Å²) in [7, 11) is 0. The highest BCUT2D eigenvalue weighted by atomic mass is 79.9. The molecule has 0 aliphatic carbocycles. The maximum absolute atomic E-state index is 12.3. The van der Waals surface area contributed by atoms with Crippen molar-refractivity contribution in [2.45, 2.75) is 11.8 Å². The molecular weight excluding hydrogens is 246 g/mol. The van der Waals surface area contributed by atoms with Crippen LogP contribution in [0, 0.1) is 5.41 Å². The molecule has 0 aromatic carbocycles. The van der Waals surface area contributed by atoms with Crippen LogP contribution in [0.4, 0.5) is 8.78 Å². The molecule has 1 saturated heterocycles. The van der Waals surface area contributed by atoms with Crippen LogP contribution in [0.1, 0.15) is 6.92 Å². The minimum absolute atomic E-state index is 0.328. The van der Waals surface area contributed by atoms with E-state index < -0.39 is 16.8 Å². The van der Waals surface area contributed by atoms with Gasteiger partial charge in [-0.3, -0.25) is 4.79 Å². The van der Waals surface area contributed by atoms with Crippen molar-refractivity contribution in [2.24, 2.45) is 5.41 Å². The lowest BCUT2D eigenvalue weighted by atomic mass is 9.83. The summed E-state index contributed by atoms with van der Waals surface area (Å²) in [5.74, 6) is -0.328. The van der Waals surface area contributed by atoms with Gasteiger partial charge in [0.2, 0.25) is 5.91 Å². The van der Waals surface area contributed by atoms with Gasteiger partial charge in [0.05, 0.1) is 12.0 Å². The Labute approximate surface area is 83.4 Å². The summed E-state index contributed by atoms with van der Waals surface area (Å²) in [4.78, 5) is 8.27. The van der Waals surface area contributed by atoms with Crippen molar-refractivity contribution in [2.75, 3.05) is 19.6 Å². The average Bonchev–Trinajstić information content (AvgIpc) is 1.94. The molecule has 1 fully saturated rings. The zero-order valence-corrected chi connectivity index (χ0v) is 8.75. The highest BCUT2D eigenvalue weighted by molar-refractivity contribution is 9.10. The Morgan fingerprint density at radius 1 is 1.69 bits per heavy atom. The normalized spacial score (nSPS) is 20.6. The van der Waals surface area contributed by atoms with Crippen molar-refractivity contribution >= 4 is 21.8 Å². The van der Waals surface area contributed by atoms with Gasteiger partial charge in [0.1, 0.15) is 0 Å². The zero-order valence-electron chi connectivity index (χ0n) is 7.16. The van der Waals surface area contributed by atoms with Crippen LogP contribution in [0.2, 0.25) is 0 Å². The first kappa shape index (κ1) is 10.8. The molecule has 3 nitrogen and oxygen atoms in total. The fourth-order valence-corrected chi connectivity index (χ4v) is 1.19. The van der Waals surface area contributed by atoms with Crippen LogP contribution in [-0.4, -0.2) is 30.4 Å². The standard InChI is InChI=1S/C7H11BrF2N2O/c1-6(2-11-3-6)5(13)12-4-7(8,9)10/h11H,2-4H2,1H3,(H,12,13). The fourth-order valence-electron chi connectivity index (χ4n) is 1.05. The number of nitrogens with one attached hydrogen (secondary N) is 2. The lowest BCUT2D eigenvalue weighted by molar-refractivity contribution is -0.133. The van der Waals surface area contributed by atoms with Gasteiger partial charge < -0.3 is 10.6 Å². The lowest BCUT2D eigenvalue weighted by Crippen LogP contribution is -2.60. The first-order chi connectivity index (χ1) is 5.83. The molecule has 0 radical (unpaired) electrons. The van der Waals surface area contributed by atoms with E-state index in [0.717, 1.165) is 0 Å². The van der Waals surface area contributed by atoms with Crippen molar-refractivity contribution in [1.29, 1.82) is 0 Å². The monoisotopic (exact) mass is 256 g/mol. The quantitative estimate of drug-likeness (QED) is 0.731. The summed E-state index contributed by atoms with van der Waals surface area (Å²) < 4.78 is 24.6. The number of hydrogen-bond donors (Lipinski definition) is 2. The molecule has 0 atom stereocenters. The Kier molecular flexibility index (Phi) is 2.91. The summed E-state index contributed by atoms with van der Waals surface area (Å²) in [5, 5.41) is 5.11. The minimum atomic E-state index is -3.02. The third-order valence-electron chi connectivity index (χ3n) is 2.03. The van der Waals surface area contributed by atoms with Crippen molar-refractivity contribution in [3.05, 3.63) is 0 Å². The molecule has 1 aliphatic rings. The molecule has 1 aliphatic heterocycles. The molecule has 13 heavy (non-hydrogen) atoms. The molecule has 0 saturated carbocycles. The van der Waals surface area contributed by atoms with E-state index in [1.165, 1.54) is 0 Å². The summed E-state index contributed by atoms with van der Waals surface area (Å²) in [5.41, 5.74) is -0.516. The van der Waals surface area contributed by atoms with Crippen LogP contribution in [0.3, 0.4) is 0 Å². The topological polar surface area (TPSA) is 41.1 Å². The Bertz CT molecular complexity index is 213. The SMILES string of the molecule is CC1(C(=O)NCC(F)(F)Br)CNC1. The maximum atomic E-state index is 12.3. The number of hydrogen-bond acceptors (Lipinski definition) is 2. The smallest absolute Gasteiger partial charge is 0.318 e. The van der Waals surface area contributed by atoms with Crippen molar-refractivity contribution in [1.82, 2.24) is 10.6 Å². The van der Waals surface area contributed by atoms with Gasteiger partial charge in [0, 0.05) is 13.1 Å². The Morgan fingerprint density at radius 3 is 2.54 bits per heavy atom. The van der Waals surface area contributed by atoms with E-state index in [-0.39, 0.29) is 5.91 Å². The highest BCUT2D eigenvalue weighted by Gasteiger charge is 2.40. The molecule has 1 heterocycles. The van der Waals surface area contributed by atoms with Gasteiger partial charge in [-0.2, -0.15) is 8.78 Å². The fraction of sp³-hybridized carbons (Fsp3) is 0.857. The van der Waals surface area contributed by atoms with Crippen LogP contribution >= 0.6 is 15.9 Å². The first-order valence-corrected chi connectivity index (χ1v) is 4.69. The molecule has 76 valence electrons. The maximum Gasteiger partial charge on any atom is 0.318 e. The van der Waals surface area contributed by atoms with Gasteiger partial charge in [-0.15, -0.1) is 0 Å². The molecule has 0 bridgehead atoms. The minimum Gasteiger partial charge on any atom is -0.349 e. The van der Waals surface area contributed by atoms with E-state index in [2.05, 4.69) is 26.6 Å². The van der Waals surface area contributed by atoms with Gasteiger partial charge in [-0.05, 0) is 22.9 Å². The Hall–Kier alpha value is -0.230. The number of rotatable bonds is 3. The first-order valence-electron chi connectivity index (χ1n) is 3.89. The number of carbonyl (C=O) groups excluding carboxylic acids is 1. The molecule has 1 rings (SSSR count). The summed E-state index contributed by atoms with van der Waals surface area (Å²) >= 11 is 2.15. The second-order valence-corrected chi connectivity index (χ2v) is 4.62. The predicted octanol–water partition coefficient (Wildman–Crippen LogP) is 0.700. The molecule has 0 aromatic rings. The van der Waals surface area contributed by atoms with Crippen LogP contribution in [0.5, 0.6) is 0 Å². The predicted molar refractivity (Wildman–Crippen MR) is 47.9 cm³/mol. The van der Waals surface area contributed by atoms with Crippen LogP contribution in [0.15, 0.2) is 0 Å². The van der Waals surface area contributed by atoms with Crippen LogP contribution in [-0.2, 0) is 4.79 Å². The molecule has 0 spiro atoms. The average molecular weight is 257 g/mol. The molecule has 6 heteroatoms. The third-order valence-corrected chi connectivity index (χ3v) is 2.31. The van der Waals surface area contributed by atoms with Gasteiger partial charge >= 0.3 is 4.83 Å². The van der Waals surface area contributed by atoms with Crippen molar-refractivity contribution in [3.63, 3.8) is 0 Å².